The number of carbonyl (C=O) groups excluding carboxylic acids is 10. The summed E-state index contributed by atoms with van der Waals surface area (Å²) in [6, 6.07) is -1.17. The van der Waals surface area contributed by atoms with E-state index in [4.69, 9.17) is 56.8 Å². The van der Waals surface area contributed by atoms with Gasteiger partial charge in [-0.05, 0) is 0 Å². The molecule has 0 unspecified atom stereocenters. The van der Waals surface area contributed by atoms with Crippen LogP contribution in [0.2, 0.25) is 0 Å². The van der Waals surface area contributed by atoms with Crippen molar-refractivity contribution in [2.24, 2.45) is 0 Å². The molecule has 0 spiro atoms. The number of rotatable bonds is 18. The van der Waals surface area contributed by atoms with Gasteiger partial charge >= 0.3 is 59.8 Å². The Balaban J connectivity index is 2.52. The fraction of sp³-hybridized carbons (Fsp3) is 0.657. The molecule has 0 aromatic carbocycles. The van der Waals surface area contributed by atoms with Crippen LogP contribution in [0.4, 0.5) is 4.79 Å². The van der Waals surface area contributed by atoms with Crippen molar-refractivity contribution < 1.29 is 105 Å². The van der Waals surface area contributed by atoms with Crippen LogP contribution in [-0.2, 0) is 100.0 Å². The molecule has 24 nitrogen and oxygen atoms in total. The van der Waals surface area contributed by atoms with Gasteiger partial charge in [-0.3, -0.25) is 38.4 Å². The first-order valence-corrected chi connectivity index (χ1v) is 17.7. The highest BCUT2D eigenvalue weighted by Gasteiger charge is 2.55. The lowest BCUT2D eigenvalue weighted by molar-refractivity contribution is -0.315. The van der Waals surface area contributed by atoms with Crippen molar-refractivity contribution in [1.29, 1.82) is 0 Å². The average Bonchev–Trinajstić information content (AvgIpc) is 3.10. The summed E-state index contributed by atoms with van der Waals surface area (Å²) >= 11 is 0. The van der Waals surface area contributed by atoms with E-state index >= 15 is 0 Å². The molecule has 0 saturated carbocycles. The van der Waals surface area contributed by atoms with E-state index in [1.807, 2.05) is 0 Å². The zero-order chi connectivity index (χ0) is 44.6. The minimum Gasteiger partial charge on any atom is -0.463 e. The normalized spacial score (nSPS) is 26.5. The molecular formula is C35H48N2O22. The number of amides is 2. The molecule has 0 bridgehead atoms. The summed E-state index contributed by atoms with van der Waals surface area (Å²) in [6.45, 7) is 9.19. The third kappa shape index (κ3) is 16.5. The van der Waals surface area contributed by atoms with E-state index in [1.165, 1.54) is 6.08 Å². The van der Waals surface area contributed by atoms with Crippen molar-refractivity contribution in [3.8, 4) is 0 Å². The Morgan fingerprint density at radius 1 is 0.542 bits per heavy atom. The smallest absolute Gasteiger partial charge is 0.337 e. The predicted octanol–water partition coefficient (Wildman–Crippen LogP) is -1.43. The standard InChI is InChI=1S/C35H48N2O22/c1-10-11-48-33(46)23(58-34-31(56-22(9)45)29(54-20(7)43)27(52-18(5)41)25(59-34)14-50-16(3)39)12-36-35(47)37-32-30(55-21(8)44)28(53-19(6)42)26(51-17(4)40)24(57-32)13-49-15(2)38/h10,23-32,34H,1,11-14H2,2-9H3,(H2,36,37,47)/t23-,24+,25+,26+,27+,28-,29-,30+,31+,32+,34+/m0/s1. The molecule has 2 aliphatic heterocycles. The maximum Gasteiger partial charge on any atom is 0.337 e. The van der Waals surface area contributed by atoms with E-state index in [9.17, 15) is 47.9 Å². The second kappa shape index (κ2) is 23.5. The van der Waals surface area contributed by atoms with Crippen LogP contribution < -0.4 is 10.6 Å². The van der Waals surface area contributed by atoms with E-state index in [0.29, 0.717) is 0 Å². The van der Waals surface area contributed by atoms with Crippen LogP contribution in [0.3, 0.4) is 0 Å². The molecule has 0 aromatic rings. The summed E-state index contributed by atoms with van der Waals surface area (Å²) in [5.41, 5.74) is 0. The first kappa shape index (κ1) is 49.3. The molecule has 0 aliphatic carbocycles. The molecule has 2 saturated heterocycles. The predicted molar refractivity (Wildman–Crippen MR) is 186 cm³/mol. The van der Waals surface area contributed by atoms with Crippen molar-refractivity contribution in [3.05, 3.63) is 12.7 Å². The van der Waals surface area contributed by atoms with Crippen LogP contribution in [0.5, 0.6) is 0 Å². The van der Waals surface area contributed by atoms with Gasteiger partial charge in [0.1, 0.15) is 32.0 Å². The van der Waals surface area contributed by atoms with Gasteiger partial charge in [-0.15, -0.1) is 0 Å². The number of urea groups is 1. The second-order valence-corrected chi connectivity index (χ2v) is 12.6. The molecule has 2 heterocycles. The number of hydrogen-bond acceptors (Lipinski definition) is 22. The number of nitrogens with one attached hydrogen (secondary N) is 2. The van der Waals surface area contributed by atoms with Gasteiger partial charge in [0, 0.05) is 55.4 Å². The zero-order valence-corrected chi connectivity index (χ0v) is 33.4. The van der Waals surface area contributed by atoms with Gasteiger partial charge in [-0.25, -0.2) is 9.59 Å². The Kier molecular flexibility index (Phi) is 19.6. The fourth-order valence-corrected chi connectivity index (χ4v) is 5.59. The molecule has 330 valence electrons. The first-order valence-electron chi connectivity index (χ1n) is 17.7. The molecule has 2 fully saturated rings. The number of carbonyl (C=O) groups is 10. The Bertz CT molecular complexity index is 1580. The van der Waals surface area contributed by atoms with Crippen molar-refractivity contribution in [2.45, 2.75) is 123 Å². The third-order valence-corrected chi connectivity index (χ3v) is 7.57. The maximum atomic E-state index is 13.5. The fourth-order valence-electron chi connectivity index (χ4n) is 5.59. The van der Waals surface area contributed by atoms with Crippen molar-refractivity contribution in [2.75, 3.05) is 26.4 Å². The van der Waals surface area contributed by atoms with Crippen LogP contribution in [0, 0.1) is 0 Å². The molecule has 24 heteroatoms. The SMILES string of the molecule is C=CCOC(=O)[C@H](CNC(=O)N[C@@H]1O[C@H](COC(C)=O)[C@@H](OC(C)=O)[C@H](OC(C)=O)[C@H]1OC(C)=O)O[C@@H]1O[C@H](COC(C)=O)[C@@H](OC(C)=O)[C@H](OC(C)=O)[C@H]1OC(C)=O. The highest BCUT2D eigenvalue weighted by molar-refractivity contribution is 5.78. The summed E-state index contributed by atoms with van der Waals surface area (Å²) in [6.07, 6.45) is -17.0. The summed E-state index contributed by atoms with van der Waals surface area (Å²) < 4.78 is 64.8. The number of esters is 9. The maximum absolute atomic E-state index is 13.5. The highest BCUT2D eigenvalue weighted by Crippen LogP contribution is 2.31. The van der Waals surface area contributed by atoms with E-state index in [-0.39, 0.29) is 6.61 Å². The summed E-state index contributed by atoms with van der Waals surface area (Å²) in [5.74, 6) is -8.33. The van der Waals surface area contributed by atoms with Crippen LogP contribution in [0.1, 0.15) is 55.4 Å². The van der Waals surface area contributed by atoms with Crippen LogP contribution >= 0.6 is 0 Å². The minimum atomic E-state index is -1.89. The van der Waals surface area contributed by atoms with Gasteiger partial charge in [-0.1, -0.05) is 12.7 Å². The summed E-state index contributed by atoms with van der Waals surface area (Å²) in [4.78, 5) is 123. The molecule has 2 amide bonds. The number of ether oxygens (including phenoxy) is 12. The Hall–Kier alpha value is -5.88. The Morgan fingerprint density at radius 3 is 1.39 bits per heavy atom. The first-order chi connectivity index (χ1) is 27.6. The lowest BCUT2D eigenvalue weighted by Gasteiger charge is -2.44. The average molecular weight is 849 g/mol. The lowest BCUT2D eigenvalue weighted by atomic mass is 9.97. The summed E-state index contributed by atoms with van der Waals surface area (Å²) in [5, 5.41) is 4.64. The van der Waals surface area contributed by atoms with E-state index in [2.05, 4.69) is 17.2 Å². The molecule has 0 radical (unpaired) electrons. The van der Waals surface area contributed by atoms with Crippen molar-refractivity contribution in [1.82, 2.24) is 10.6 Å². The Morgan fingerprint density at radius 2 is 0.949 bits per heavy atom. The number of hydrogen-bond donors (Lipinski definition) is 2. The van der Waals surface area contributed by atoms with E-state index in [1.54, 1.807) is 0 Å². The lowest BCUT2D eigenvalue weighted by Crippen LogP contribution is -2.67. The third-order valence-electron chi connectivity index (χ3n) is 7.57. The zero-order valence-electron chi connectivity index (χ0n) is 33.4. The van der Waals surface area contributed by atoms with Crippen LogP contribution in [0.25, 0.3) is 0 Å². The molecule has 0 aromatic heterocycles. The van der Waals surface area contributed by atoms with Gasteiger partial charge in [0.15, 0.2) is 55.2 Å². The van der Waals surface area contributed by atoms with E-state index in [0.717, 1.165) is 55.4 Å². The van der Waals surface area contributed by atoms with Crippen molar-refractivity contribution in [3.63, 3.8) is 0 Å². The quantitative estimate of drug-likeness (QED) is 0.0907. The van der Waals surface area contributed by atoms with Gasteiger partial charge in [-0.2, -0.15) is 0 Å². The molecular weight excluding hydrogens is 800 g/mol. The van der Waals surface area contributed by atoms with Crippen LogP contribution in [0.15, 0.2) is 12.7 Å². The molecule has 2 N–H and O–H groups in total. The highest BCUT2D eigenvalue weighted by atomic mass is 16.7. The minimum absolute atomic E-state index is 0.367. The molecule has 2 rings (SSSR count). The van der Waals surface area contributed by atoms with Gasteiger partial charge in [0.2, 0.25) is 0 Å². The summed E-state index contributed by atoms with van der Waals surface area (Å²) in [7, 11) is 0. The second-order valence-electron chi connectivity index (χ2n) is 12.6. The Labute approximate surface area is 337 Å². The van der Waals surface area contributed by atoms with Crippen LogP contribution in [-0.4, -0.2) is 154 Å². The molecule has 59 heavy (non-hydrogen) atoms. The van der Waals surface area contributed by atoms with Gasteiger partial charge in [0.05, 0.1) is 6.54 Å². The molecule has 2 aliphatic rings. The molecule has 11 atom stereocenters. The van der Waals surface area contributed by atoms with E-state index < -0.39 is 147 Å². The monoisotopic (exact) mass is 848 g/mol. The van der Waals surface area contributed by atoms with Crippen molar-refractivity contribution >= 4 is 59.8 Å². The topological polar surface area (TPSA) is 306 Å². The largest absolute Gasteiger partial charge is 0.463 e. The van der Waals surface area contributed by atoms with Gasteiger partial charge < -0.3 is 67.5 Å². The van der Waals surface area contributed by atoms with Gasteiger partial charge in [0.25, 0.3) is 0 Å².